The number of likely N-dealkylation sites (N-methyl/N-ethyl adjacent to an activating group) is 1. The van der Waals surface area contributed by atoms with Crippen LogP contribution >= 0.6 is 24.0 Å². The highest BCUT2D eigenvalue weighted by molar-refractivity contribution is 14.0. The molecule has 0 aromatic carbocycles. The predicted molar refractivity (Wildman–Crippen MR) is 112 cm³/mol. The average Bonchev–Trinajstić information content (AvgIpc) is 2.53. The number of hydrogen-bond acceptors (Lipinski definition) is 3. The summed E-state index contributed by atoms with van der Waals surface area (Å²) in [5, 5.41) is 6.93. The van der Waals surface area contributed by atoms with Gasteiger partial charge in [-0.1, -0.05) is 33.6 Å². The van der Waals surface area contributed by atoms with Gasteiger partial charge in [-0.3, -0.25) is 4.99 Å². The molecule has 6 heteroatoms. The molecule has 0 saturated carbocycles. The highest BCUT2D eigenvalue weighted by Crippen LogP contribution is 2.05. The van der Waals surface area contributed by atoms with Crippen molar-refractivity contribution in [3.63, 3.8) is 0 Å². The predicted octanol–water partition coefficient (Wildman–Crippen LogP) is 2.09. The van der Waals surface area contributed by atoms with Gasteiger partial charge < -0.3 is 20.4 Å². The lowest BCUT2D eigenvalue weighted by Gasteiger charge is -2.34. The van der Waals surface area contributed by atoms with Gasteiger partial charge in [0.15, 0.2) is 5.96 Å². The second-order valence-corrected chi connectivity index (χ2v) is 6.73. The number of rotatable bonds is 8. The van der Waals surface area contributed by atoms with E-state index in [2.05, 4.69) is 53.2 Å². The first kappa shape index (κ1) is 22.9. The summed E-state index contributed by atoms with van der Waals surface area (Å²) in [6.45, 7) is 14.8. The Kier molecular flexibility index (Phi) is 13.2. The van der Waals surface area contributed by atoms with E-state index in [1.165, 1.54) is 45.6 Å². The molecule has 1 fully saturated rings. The van der Waals surface area contributed by atoms with Crippen molar-refractivity contribution in [1.29, 1.82) is 0 Å². The van der Waals surface area contributed by atoms with Crippen molar-refractivity contribution >= 4 is 29.9 Å². The van der Waals surface area contributed by atoms with E-state index in [0.717, 1.165) is 25.0 Å². The van der Waals surface area contributed by atoms with Crippen LogP contribution in [0, 0.1) is 11.8 Å². The summed E-state index contributed by atoms with van der Waals surface area (Å²) in [5.41, 5.74) is 0. The Morgan fingerprint density at radius 2 is 1.61 bits per heavy atom. The highest BCUT2D eigenvalue weighted by atomic mass is 127. The molecule has 5 nitrogen and oxygen atoms in total. The zero-order chi connectivity index (χ0) is 16.4. The highest BCUT2D eigenvalue weighted by Gasteiger charge is 2.16. The first-order valence-electron chi connectivity index (χ1n) is 8.94. The molecule has 0 amide bonds. The van der Waals surface area contributed by atoms with Gasteiger partial charge in [0.2, 0.25) is 0 Å². The molecule has 0 spiro atoms. The number of nitrogens with zero attached hydrogens (tertiary/aromatic N) is 3. The number of aliphatic imine (C=N–C) groups is 1. The van der Waals surface area contributed by atoms with Crippen molar-refractivity contribution < 1.29 is 0 Å². The molecule has 23 heavy (non-hydrogen) atoms. The van der Waals surface area contributed by atoms with E-state index in [-0.39, 0.29) is 24.0 Å². The van der Waals surface area contributed by atoms with Gasteiger partial charge in [-0.15, -0.1) is 24.0 Å². The minimum absolute atomic E-state index is 0. The third-order valence-corrected chi connectivity index (χ3v) is 4.72. The van der Waals surface area contributed by atoms with E-state index >= 15 is 0 Å². The van der Waals surface area contributed by atoms with E-state index in [9.17, 15) is 0 Å². The smallest absolute Gasteiger partial charge is 0.190 e. The Labute approximate surface area is 160 Å². The molecule has 0 aliphatic carbocycles. The lowest BCUT2D eigenvalue weighted by molar-refractivity contribution is 0.139. The first-order valence-corrected chi connectivity index (χ1v) is 8.94. The summed E-state index contributed by atoms with van der Waals surface area (Å²) < 4.78 is 0. The molecule has 1 aliphatic rings. The van der Waals surface area contributed by atoms with Crippen LogP contribution in [-0.4, -0.2) is 75.7 Å². The average molecular weight is 439 g/mol. The standard InChI is InChI=1S/C17H37N5.HI/c1-6-16(7-2)13-20-17(18-4)19-12-15(3)14-22-10-8-21(5)9-11-22;/h15-16H,6-14H2,1-5H3,(H2,18,19,20);1H. The minimum atomic E-state index is 0. The van der Waals surface area contributed by atoms with Gasteiger partial charge in [-0.05, 0) is 18.9 Å². The van der Waals surface area contributed by atoms with E-state index in [1.807, 2.05) is 7.05 Å². The van der Waals surface area contributed by atoms with Crippen molar-refractivity contribution in [2.24, 2.45) is 16.8 Å². The fourth-order valence-corrected chi connectivity index (χ4v) is 2.85. The van der Waals surface area contributed by atoms with Gasteiger partial charge in [0, 0.05) is 52.9 Å². The van der Waals surface area contributed by atoms with Crippen molar-refractivity contribution in [1.82, 2.24) is 20.4 Å². The zero-order valence-electron chi connectivity index (χ0n) is 15.8. The van der Waals surface area contributed by atoms with Gasteiger partial charge >= 0.3 is 0 Å². The Balaban J connectivity index is 0.00000484. The first-order chi connectivity index (χ1) is 10.6. The number of hydrogen-bond donors (Lipinski definition) is 2. The van der Waals surface area contributed by atoms with Crippen LogP contribution in [0.4, 0.5) is 0 Å². The van der Waals surface area contributed by atoms with Crippen molar-refractivity contribution in [2.75, 3.05) is 59.9 Å². The summed E-state index contributed by atoms with van der Waals surface area (Å²) in [4.78, 5) is 9.31. The van der Waals surface area contributed by atoms with Crippen LogP contribution in [0.1, 0.15) is 33.6 Å². The van der Waals surface area contributed by atoms with Gasteiger partial charge in [0.25, 0.3) is 0 Å². The maximum absolute atomic E-state index is 4.33. The molecular weight excluding hydrogens is 401 g/mol. The second kappa shape index (κ2) is 13.2. The molecule has 0 aromatic heterocycles. The Morgan fingerprint density at radius 1 is 1.04 bits per heavy atom. The molecule has 1 heterocycles. The summed E-state index contributed by atoms with van der Waals surface area (Å²) in [5.74, 6) is 2.31. The number of guanidine groups is 1. The number of halogens is 1. The molecule has 1 aliphatic heterocycles. The molecule has 1 saturated heterocycles. The monoisotopic (exact) mass is 439 g/mol. The van der Waals surface area contributed by atoms with Crippen LogP contribution in [0.25, 0.3) is 0 Å². The van der Waals surface area contributed by atoms with Crippen molar-refractivity contribution in [3.8, 4) is 0 Å². The van der Waals surface area contributed by atoms with Crippen LogP contribution in [0.5, 0.6) is 0 Å². The Bertz CT molecular complexity index is 312. The third kappa shape index (κ3) is 9.72. The topological polar surface area (TPSA) is 42.9 Å². The van der Waals surface area contributed by atoms with Gasteiger partial charge in [0.05, 0.1) is 0 Å². The molecule has 2 N–H and O–H groups in total. The van der Waals surface area contributed by atoms with Crippen molar-refractivity contribution in [3.05, 3.63) is 0 Å². The summed E-state index contributed by atoms with van der Waals surface area (Å²) >= 11 is 0. The number of piperazine rings is 1. The van der Waals surface area contributed by atoms with E-state index in [0.29, 0.717) is 5.92 Å². The fraction of sp³-hybridized carbons (Fsp3) is 0.941. The molecule has 138 valence electrons. The summed E-state index contributed by atoms with van der Waals surface area (Å²) in [7, 11) is 4.06. The summed E-state index contributed by atoms with van der Waals surface area (Å²) in [6, 6.07) is 0. The lowest BCUT2D eigenvalue weighted by Crippen LogP contribution is -2.47. The van der Waals surface area contributed by atoms with Crippen LogP contribution in [0.2, 0.25) is 0 Å². The van der Waals surface area contributed by atoms with E-state index in [1.54, 1.807) is 0 Å². The van der Waals surface area contributed by atoms with Crippen LogP contribution < -0.4 is 10.6 Å². The van der Waals surface area contributed by atoms with Gasteiger partial charge in [0.1, 0.15) is 0 Å². The number of nitrogens with one attached hydrogen (secondary N) is 2. The third-order valence-electron chi connectivity index (χ3n) is 4.72. The Hall–Kier alpha value is -0.0800. The molecular formula is C17H38IN5. The molecule has 1 rings (SSSR count). The second-order valence-electron chi connectivity index (χ2n) is 6.73. The minimum Gasteiger partial charge on any atom is -0.356 e. The SMILES string of the molecule is CCC(CC)CNC(=NC)NCC(C)CN1CCN(C)CC1.I. The molecule has 1 unspecified atom stereocenters. The quantitative estimate of drug-likeness (QED) is 0.345. The Morgan fingerprint density at radius 3 is 2.13 bits per heavy atom. The van der Waals surface area contributed by atoms with Crippen molar-refractivity contribution in [2.45, 2.75) is 33.6 Å². The lowest BCUT2D eigenvalue weighted by atomic mass is 10.0. The molecule has 1 atom stereocenters. The normalized spacial score (nSPS) is 18.6. The maximum Gasteiger partial charge on any atom is 0.190 e. The molecule has 0 radical (unpaired) electrons. The maximum atomic E-state index is 4.33. The van der Waals surface area contributed by atoms with Crippen LogP contribution in [0.15, 0.2) is 4.99 Å². The van der Waals surface area contributed by atoms with Crippen LogP contribution in [-0.2, 0) is 0 Å². The molecule has 0 aromatic rings. The summed E-state index contributed by atoms with van der Waals surface area (Å²) in [6.07, 6.45) is 2.45. The molecule has 0 bridgehead atoms. The van der Waals surface area contributed by atoms with Gasteiger partial charge in [-0.2, -0.15) is 0 Å². The van der Waals surface area contributed by atoms with Crippen LogP contribution in [0.3, 0.4) is 0 Å². The fourth-order valence-electron chi connectivity index (χ4n) is 2.85. The largest absolute Gasteiger partial charge is 0.356 e. The van der Waals surface area contributed by atoms with E-state index < -0.39 is 0 Å². The van der Waals surface area contributed by atoms with E-state index in [4.69, 9.17) is 0 Å². The zero-order valence-corrected chi connectivity index (χ0v) is 18.1. The van der Waals surface area contributed by atoms with Gasteiger partial charge in [-0.25, -0.2) is 0 Å².